The summed E-state index contributed by atoms with van der Waals surface area (Å²) in [4.78, 5) is 1.71. The van der Waals surface area contributed by atoms with Crippen LogP contribution in [-0.2, 0) is 10.0 Å². The minimum absolute atomic E-state index is 0.0550. The number of hydrogen-bond acceptors (Lipinski definition) is 3. The molecule has 0 bridgehead atoms. The molecule has 1 N–H and O–H groups in total. The van der Waals surface area contributed by atoms with E-state index >= 15 is 0 Å². The summed E-state index contributed by atoms with van der Waals surface area (Å²) < 4.78 is 29.7. The highest BCUT2D eigenvalue weighted by Crippen LogP contribution is 2.22. The Morgan fingerprint density at radius 1 is 0.926 bits per heavy atom. The number of hydrogen-bond donors (Lipinski definition) is 1. The van der Waals surface area contributed by atoms with Crippen LogP contribution in [0.2, 0.25) is 5.02 Å². The second-order valence-corrected chi connectivity index (χ2v) is 7.83. The molecule has 3 aromatic rings. The summed E-state index contributed by atoms with van der Waals surface area (Å²) in [5, 5.41) is 9.94. The van der Waals surface area contributed by atoms with Gasteiger partial charge in [0.05, 0.1) is 4.90 Å². The molecular weight excluding hydrogens is 384 g/mol. The number of benzene rings is 3. The molecule has 0 saturated heterocycles. The van der Waals surface area contributed by atoms with Crippen molar-refractivity contribution in [2.24, 2.45) is 4.40 Å². The van der Waals surface area contributed by atoms with E-state index in [1.54, 1.807) is 36.2 Å². The molecule has 0 fully saturated rings. The average molecular weight is 401 g/mol. The molecule has 0 aromatic heterocycles. The van der Waals surface area contributed by atoms with Crippen molar-refractivity contribution in [2.75, 3.05) is 11.9 Å². The molecular formula is C20H17ClN2O3S. The van der Waals surface area contributed by atoms with Crippen molar-refractivity contribution in [2.45, 2.75) is 4.90 Å². The maximum absolute atomic E-state index is 12.8. The van der Waals surface area contributed by atoms with Crippen LogP contribution >= 0.6 is 11.6 Å². The normalized spacial score (nSPS) is 12.0. The SMILES string of the molecule is CN(/C(=N/S(=O)(=O)c1ccc(Cl)cc1)c1ccccc1)c1ccc(O)cc1. The smallest absolute Gasteiger partial charge is 0.284 e. The largest absolute Gasteiger partial charge is 0.508 e. The van der Waals surface area contributed by atoms with E-state index in [1.807, 2.05) is 18.2 Å². The van der Waals surface area contributed by atoms with Crippen molar-refractivity contribution in [3.8, 4) is 5.75 Å². The van der Waals surface area contributed by atoms with E-state index in [2.05, 4.69) is 4.40 Å². The fourth-order valence-electron chi connectivity index (χ4n) is 2.47. The van der Waals surface area contributed by atoms with Gasteiger partial charge in [0.2, 0.25) is 0 Å². The van der Waals surface area contributed by atoms with Crippen LogP contribution in [0.15, 0.2) is 88.2 Å². The second kappa shape index (κ2) is 7.82. The number of rotatable bonds is 4. The zero-order valence-electron chi connectivity index (χ0n) is 14.4. The Bertz CT molecular complexity index is 1050. The van der Waals surface area contributed by atoms with Crippen LogP contribution in [0.1, 0.15) is 5.56 Å². The molecule has 3 aromatic carbocycles. The van der Waals surface area contributed by atoms with Crippen molar-refractivity contribution < 1.29 is 13.5 Å². The summed E-state index contributed by atoms with van der Waals surface area (Å²) in [6, 6.07) is 21.3. The van der Waals surface area contributed by atoms with Crippen molar-refractivity contribution in [1.29, 1.82) is 0 Å². The first kappa shape index (κ1) is 18.9. The van der Waals surface area contributed by atoms with Gasteiger partial charge in [-0.25, -0.2) is 0 Å². The molecule has 0 spiro atoms. The van der Waals surface area contributed by atoms with Gasteiger partial charge in [-0.3, -0.25) is 0 Å². The summed E-state index contributed by atoms with van der Waals surface area (Å²) >= 11 is 5.85. The Morgan fingerprint density at radius 3 is 2.11 bits per heavy atom. The molecule has 5 nitrogen and oxygen atoms in total. The summed E-state index contributed by atoms with van der Waals surface area (Å²) in [7, 11) is -2.23. The highest BCUT2D eigenvalue weighted by atomic mass is 35.5. The Hall–Kier alpha value is -2.83. The van der Waals surface area contributed by atoms with Crippen molar-refractivity contribution >= 4 is 33.1 Å². The molecule has 0 unspecified atom stereocenters. The third kappa shape index (κ3) is 4.48. The highest BCUT2D eigenvalue weighted by molar-refractivity contribution is 7.90. The summed E-state index contributed by atoms with van der Waals surface area (Å²) in [6.07, 6.45) is 0. The number of aromatic hydroxyl groups is 1. The Balaban J connectivity index is 2.11. The fraction of sp³-hybridized carbons (Fsp3) is 0.0500. The van der Waals surface area contributed by atoms with Gasteiger partial charge in [0, 0.05) is 23.3 Å². The van der Waals surface area contributed by atoms with E-state index in [0.717, 1.165) is 0 Å². The molecule has 0 atom stereocenters. The molecule has 0 aliphatic rings. The van der Waals surface area contributed by atoms with Gasteiger partial charge >= 0.3 is 0 Å². The first-order chi connectivity index (χ1) is 12.9. The van der Waals surface area contributed by atoms with Gasteiger partial charge < -0.3 is 10.0 Å². The number of halogens is 1. The molecule has 3 rings (SSSR count). The number of phenolic OH excluding ortho intramolecular Hbond substituents is 1. The molecule has 0 aliphatic carbocycles. The predicted molar refractivity (Wildman–Crippen MR) is 108 cm³/mol. The van der Waals surface area contributed by atoms with Crippen LogP contribution in [0, 0.1) is 0 Å². The minimum atomic E-state index is -3.95. The lowest BCUT2D eigenvalue weighted by Gasteiger charge is -2.21. The van der Waals surface area contributed by atoms with E-state index in [0.29, 0.717) is 16.3 Å². The molecule has 0 heterocycles. The Morgan fingerprint density at radius 2 is 1.52 bits per heavy atom. The van der Waals surface area contributed by atoms with Crippen LogP contribution < -0.4 is 4.90 Å². The lowest BCUT2D eigenvalue weighted by Crippen LogP contribution is -2.28. The Labute approximate surface area is 163 Å². The summed E-state index contributed by atoms with van der Waals surface area (Å²) in [5.74, 6) is 0.385. The van der Waals surface area contributed by atoms with E-state index in [-0.39, 0.29) is 16.5 Å². The molecule has 138 valence electrons. The number of anilines is 1. The topological polar surface area (TPSA) is 70.0 Å². The third-order valence-corrected chi connectivity index (χ3v) is 5.44. The molecule has 0 aliphatic heterocycles. The van der Waals surface area contributed by atoms with Crippen LogP contribution in [-0.4, -0.2) is 26.4 Å². The highest BCUT2D eigenvalue weighted by Gasteiger charge is 2.19. The van der Waals surface area contributed by atoms with Gasteiger partial charge in [-0.15, -0.1) is 4.40 Å². The number of amidine groups is 1. The number of sulfonamides is 1. The predicted octanol–water partition coefficient (Wildman–Crippen LogP) is 4.32. The Kier molecular flexibility index (Phi) is 5.48. The van der Waals surface area contributed by atoms with Crippen LogP contribution in [0.5, 0.6) is 5.75 Å². The van der Waals surface area contributed by atoms with Gasteiger partial charge in [-0.2, -0.15) is 8.42 Å². The zero-order chi connectivity index (χ0) is 19.4. The quantitative estimate of drug-likeness (QED) is 0.523. The van der Waals surface area contributed by atoms with Gasteiger partial charge in [0.15, 0.2) is 5.84 Å². The fourth-order valence-corrected chi connectivity index (χ4v) is 3.63. The average Bonchev–Trinajstić information content (AvgIpc) is 2.67. The van der Waals surface area contributed by atoms with E-state index in [4.69, 9.17) is 11.6 Å². The first-order valence-electron chi connectivity index (χ1n) is 8.05. The first-order valence-corrected chi connectivity index (χ1v) is 9.87. The van der Waals surface area contributed by atoms with Gasteiger partial charge in [0.1, 0.15) is 5.75 Å². The second-order valence-electron chi connectivity index (χ2n) is 5.79. The van der Waals surface area contributed by atoms with Crippen LogP contribution in [0.25, 0.3) is 0 Å². The lowest BCUT2D eigenvalue weighted by molar-refractivity contribution is 0.475. The molecule has 0 saturated carbocycles. The monoisotopic (exact) mass is 400 g/mol. The van der Waals surface area contributed by atoms with Crippen molar-refractivity contribution in [3.05, 3.63) is 89.4 Å². The van der Waals surface area contributed by atoms with Crippen LogP contribution in [0.3, 0.4) is 0 Å². The number of phenols is 1. The zero-order valence-corrected chi connectivity index (χ0v) is 16.0. The van der Waals surface area contributed by atoms with Gasteiger partial charge in [-0.1, -0.05) is 41.9 Å². The summed E-state index contributed by atoms with van der Waals surface area (Å²) in [6.45, 7) is 0. The standard InChI is InChI=1S/C20H17ClN2O3S/c1-23(17-9-11-18(24)12-10-17)20(15-5-3-2-4-6-15)22-27(25,26)19-13-7-16(21)8-14-19/h2-14,24H,1H3/b22-20+. The minimum Gasteiger partial charge on any atom is -0.508 e. The molecule has 27 heavy (non-hydrogen) atoms. The van der Waals surface area contributed by atoms with E-state index in [9.17, 15) is 13.5 Å². The summed E-state index contributed by atoms with van der Waals surface area (Å²) in [5.41, 5.74) is 1.33. The number of nitrogens with zero attached hydrogens (tertiary/aromatic N) is 2. The van der Waals surface area contributed by atoms with Crippen molar-refractivity contribution in [3.63, 3.8) is 0 Å². The maximum atomic E-state index is 12.8. The van der Waals surface area contributed by atoms with E-state index in [1.165, 1.54) is 36.4 Å². The molecule has 7 heteroatoms. The lowest BCUT2D eigenvalue weighted by atomic mass is 10.2. The van der Waals surface area contributed by atoms with E-state index < -0.39 is 10.0 Å². The van der Waals surface area contributed by atoms with Gasteiger partial charge in [-0.05, 0) is 48.5 Å². The maximum Gasteiger partial charge on any atom is 0.284 e. The molecule has 0 radical (unpaired) electrons. The van der Waals surface area contributed by atoms with Crippen molar-refractivity contribution in [1.82, 2.24) is 0 Å². The van der Waals surface area contributed by atoms with Gasteiger partial charge in [0.25, 0.3) is 10.0 Å². The third-order valence-electron chi connectivity index (χ3n) is 3.90. The molecule has 0 amide bonds. The van der Waals surface area contributed by atoms with Crippen LogP contribution in [0.4, 0.5) is 5.69 Å².